The number of carbonyl (C=O) groups is 1. The molecule has 0 atom stereocenters. The molecule has 0 saturated carbocycles. The Kier molecular flexibility index (Phi) is 12.1. The van der Waals surface area contributed by atoms with Crippen molar-refractivity contribution in [2.24, 2.45) is 10.8 Å². The summed E-state index contributed by atoms with van der Waals surface area (Å²) in [5.74, 6) is 0.286. The molecule has 259 valence electrons. The molecule has 0 saturated heterocycles. The second-order valence-corrected chi connectivity index (χ2v) is 15.7. The average Bonchev–Trinajstić information content (AvgIpc) is 3.10. The number of hydrogen-bond acceptors (Lipinski definition) is 4. The summed E-state index contributed by atoms with van der Waals surface area (Å²) in [6, 6.07) is 29.9. The summed E-state index contributed by atoms with van der Waals surface area (Å²) < 4.78 is 0. The van der Waals surface area contributed by atoms with Gasteiger partial charge in [-0.15, -0.1) is 29.1 Å². The van der Waals surface area contributed by atoms with Crippen LogP contribution in [0.3, 0.4) is 0 Å². The summed E-state index contributed by atoms with van der Waals surface area (Å²) in [5.41, 5.74) is 5.41. The first-order valence-electron chi connectivity index (χ1n) is 17.4. The molecule has 0 unspecified atom stereocenters. The molecule has 49 heavy (non-hydrogen) atoms. The van der Waals surface area contributed by atoms with Crippen LogP contribution in [0.1, 0.15) is 93.6 Å². The van der Waals surface area contributed by atoms with Crippen molar-refractivity contribution >= 4 is 39.1 Å². The number of carbonyl (C=O) groups excluding carboxylic acids is 1. The second-order valence-electron chi connectivity index (χ2n) is 14.6. The maximum absolute atomic E-state index is 12.2. The summed E-state index contributed by atoms with van der Waals surface area (Å²) >= 11 is 1.83. The molecule has 1 aliphatic rings. The number of fused-ring (bicyclic) bond motifs is 3. The molecule has 1 aromatic heterocycles. The molecule has 3 nitrogen and oxygen atoms in total. The van der Waals surface area contributed by atoms with Gasteiger partial charge in [0.25, 0.3) is 0 Å². The van der Waals surface area contributed by atoms with Gasteiger partial charge in [0, 0.05) is 64.1 Å². The molecule has 1 aliphatic heterocycles. The van der Waals surface area contributed by atoms with Gasteiger partial charge in [0.1, 0.15) is 5.76 Å². The molecule has 6 rings (SSSR count). The predicted molar refractivity (Wildman–Crippen MR) is 205 cm³/mol. The number of ketones is 1. The standard InChI is InChI=1S/C29H22NS.C15H28O2.Ir/c1-29(2,3)24-17-20(16-19-8-4-5-11-21(19)24)27-28-23(14-15-30-27)22-12-6-9-18-10-7-13-25(31-28)26(18)22;1-7-14(5,8-2)12(16)11-13(17)15(6,9-3)10-4;/h4-15,17H,1-3H3;11,16H,7-10H2,1-6H3;/q-1;;/b;12-11-;. The molecular weight excluding hydrogens is 799 g/mol. The van der Waals surface area contributed by atoms with Crippen LogP contribution < -0.4 is 0 Å². The van der Waals surface area contributed by atoms with Gasteiger partial charge in [0.15, 0.2) is 5.78 Å². The Labute approximate surface area is 311 Å². The van der Waals surface area contributed by atoms with Gasteiger partial charge < -0.3 is 5.11 Å². The number of aliphatic hydroxyl groups excluding tert-OH is 1. The molecule has 2 heterocycles. The van der Waals surface area contributed by atoms with Crippen molar-refractivity contribution in [3.63, 3.8) is 0 Å². The summed E-state index contributed by atoms with van der Waals surface area (Å²) in [6.45, 7) is 18.9. The van der Waals surface area contributed by atoms with Gasteiger partial charge in [-0.2, -0.15) is 0 Å². The van der Waals surface area contributed by atoms with Crippen molar-refractivity contribution in [2.45, 2.75) is 103 Å². The van der Waals surface area contributed by atoms with Crippen LogP contribution in [0.15, 0.2) is 101 Å². The van der Waals surface area contributed by atoms with E-state index in [0.717, 1.165) is 42.3 Å². The average molecular weight is 849 g/mol. The molecule has 0 fully saturated rings. The molecule has 5 aromatic rings. The summed E-state index contributed by atoms with van der Waals surface area (Å²) in [4.78, 5) is 19.6. The molecular formula is C44H50IrNO2S-. The Hall–Kier alpha value is -3.24. The molecule has 0 spiro atoms. The fraction of sp³-hybridized carbons (Fsp3) is 0.364. The van der Waals surface area contributed by atoms with E-state index in [4.69, 9.17) is 4.98 Å². The number of aliphatic hydroxyl groups is 1. The van der Waals surface area contributed by atoms with Gasteiger partial charge in [0.05, 0.1) is 0 Å². The van der Waals surface area contributed by atoms with Gasteiger partial charge in [-0.1, -0.05) is 134 Å². The summed E-state index contributed by atoms with van der Waals surface area (Å²) in [7, 11) is 0. The number of benzene rings is 4. The number of rotatable bonds is 8. The zero-order valence-electron chi connectivity index (χ0n) is 30.5. The Balaban J connectivity index is 0.000000260. The minimum absolute atomic E-state index is 0. The minimum atomic E-state index is -0.337. The van der Waals surface area contributed by atoms with Crippen LogP contribution >= 0.6 is 11.8 Å². The molecule has 0 amide bonds. The van der Waals surface area contributed by atoms with Crippen molar-refractivity contribution < 1.29 is 30.0 Å². The van der Waals surface area contributed by atoms with E-state index < -0.39 is 0 Å². The van der Waals surface area contributed by atoms with E-state index in [1.54, 1.807) is 0 Å². The van der Waals surface area contributed by atoms with Gasteiger partial charge in [0.2, 0.25) is 0 Å². The first-order valence-corrected chi connectivity index (χ1v) is 18.2. The zero-order valence-corrected chi connectivity index (χ0v) is 33.7. The zero-order chi connectivity index (χ0) is 34.9. The molecule has 4 aromatic carbocycles. The van der Waals surface area contributed by atoms with Crippen LogP contribution in [0.25, 0.3) is 43.9 Å². The van der Waals surface area contributed by atoms with E-state index in [9.17, 15) is 9.90 Å². The van der Waals surface area contributed by atoms with Gasteiger partial charge in [-0.05, 0) is 59.7 Å². The van der Waals surface area contributed by atoms with Gasteiger partial charge in [-0.25, -0.2) is 0 Å². The van der Waals surface area contributed by atoms with E-state index in [-0.39, 0.29) is 47.9 Å². The third kappa shape index (κ3) is 7.60. The van der Waals surface area contributed by atoms with Crippen molar-refractivity contribution in [3.8, 4) is 22.4 Å². The first kappa shape index (κ1) is 38.6. The molecule has 0 aliphatic carbocycles. The fourth-order valence-corrected chi connectivity index (χ4v) is 7.59. The molecule has 0 bridgehead atoms. The maximum Gasteiger partial charge on any atom is 0.164 e. The van der Waals surface area contributed by atoms with Crippen LogP contribution in [0.5, 0.6) is 0 Å². The normalized spacial score (nSPS) is 13.0. The molecule has 1 radical (unpaired) electrons. The third-order valence-electron chi connectivity index (χ3n) is 10.7. The van der Waals surface area contributed by atoms with E-state index in [0.29, 0.717) is 0 Å². The Morgan fingerprint density at radius 1 is 0.816 bits per heavy atom. The Bertz CT molecular complexity index is 1990. The second kappa shape index (κ2) is 15.3. The molecule has 5 heteroatoms. The Morgan fingerprint density at radius 3 is 2.08 bits per heavy atom. The van der Waals surface area contributed by atoms with Crippen molar-refractivity contribution in [2.75, 3.05) is 0 Å². The predicted octanol–water partition coefficient (Wildman–Crippen LogP) is 12.9. The summed E-state index contributed by atoms with van der Waals surface area (Å²) in [5, 5.41) is 15.2. The fourth-order valence-electron chi connectivity index (χ4n) is 6.34. The van der Waals surface area contributed by atoms with Crippen molar-refractivity contribution in [3.05, 3.63) is 102 Å². The topological polar surface area (TPSA) is 50.2 Å². The van der Waals surface area contributed by atoms with Crippen LogP contribution in [-0.4, -0.2) is 15.9 Å². The van der Waals surface area contributed by atoms with E-state index in [1.165, 1.54) is 48.7 Å². The van der Waals surface area contributed by atoms with E-state index in [1.807, 2.05) is 59.5 Å². The van der Waals surface area contributed by atoms with Gasteiger partial charge >= 0.3 is 0 Å². The number of pyridine rings is 1. The van der Waals surface area contributed by atoms with Crippen molar-refractivity contribution in [1.29, 1.82) is 0 Å². The molecule has 1 N–H and O–H groups in total. The van der Waals surface area contributed by atoms with E-state index >= 15 is 0 Å². The van der Waals surface area contributed by atoms with E-state index in [2.05, 4.69) is 99.6 Å². The smallest absolute Gasteiger partial charge is 0.164 e. The van der Waals surface area contributed by atoms with Crippen LogP contribution in [0.2, 0.25) is 0 Å². The summed E-state index contributed by atoms with van der Waals surface area (Å²) in [6.07, 6.45) is 6.70. The third-order valence-corrected chi connectivity index (χ3v) is 11.9. The van der Waals surface area contributed by atoms with Crippen LogP contribution in [0, 0.1) is 16.9 Å². The maximum atomic E-state index is 12.2. The van der Waals surface area contributed by atoms with Crippen molar-refractivity contribution in [1.82, 2.24) is 4.98 Å². The number of allylic oxidation sites excluding steroid dienone is 2. The van der Waals surface area contributed by atoms with Crippen LogP contribution in [0.4, 0.5) is 0 Å². The number of nitrogens with zero attached hydrogens (tertiary/aromatic N) is 1. The monoisotopic (exact) mass is 849 g/mol. The quantitative estimate of drug-likeness (QED) is 0.0942. The first-order chi connectivity index (χ1) is 22.8. The van der Waals surface area contributed by atoms with Crippen LogP contribution in [-0.2, 0) is 30.3 Å². The Morgan fingerprint density at radius 2 is 1.45 bits per heavy atom. The SMILES string of the molecule is CC(C)(C)c1cc(-c2nccc3c2Sc2cccc4cccc-3c24)[c-]c2ccccc12.CCC(C)(CC)C(=O)/C=C(\O)C(C)(CC)CC.[Ir]. The number of aromatic nitrogens is 1. The largest absolute Gasteiger partial charge is 0.512 e. The van der Waals surface area contributed by atoms with Gasteiger partial charge in [-0.3, -0.25) is 9.78 Å². The minimum Gasteiger partial charge on any atom is -0.512 e. The number of hydrogen-bond donors (Lipinski definition) is 1.